The molecule has 0 aliphatic carbocycles. The molecule has 24 heavy (non-hydrogen) atoms. The first-order chi connectivity index (χ1) is 11.8. The zero-order valence-electron chi connectivity index (χ0n) is 13.5. The third-order valence-corrected chi connectivity index (χ3v) is 3.78. The minimum absolute atomic E-state index is 0.300. The second-order valence-corrected chi connectivity index (χ2v) is 5.63. The number of fused-ring (bicyclic) bond motifs is 3. The maximum absolute atomic E-state index is 12.4. The summed E-state index contributed by atoms with van der Waals surface area (Å²) in [6, 6.07) is 3.34. The Morgan fingerprint density at radius 3 is 2.88 bits per heavy atom. The normalized spacial score (nSPS) is 16.2. The molecule has 0 radical (unpaired) electrons. The Hall–Kier alpha value is -2.70. The molecule has 2 bridgehead atoms. The monoisotopic (exact) mass is 327 g/mol. The molecular formula is C17H21N5O2. The Balaban J connectivity index is 1.81. The van der Waals surface area contributed by atoms with Gasteiger partial charge in [0.2, 0.25) is 5.95 Å². The summed E-state index contributed by atoms with van der Waals surface area (Å²) in [7, 11) is 0. The van der Waals surface area contributed by atoms with Crippen molar-refractivity contribution in [2.75, 3.05) is 23.8 Å². The van der Waals surface area contributed by atoms with E-state index in [0.717, 1.165) is 32.2 Å². The molecular weight excluding hydrogens is 306 g/mol. The summed E-state index contributed by atoms with van der Waals surface area (Å²) >= 11 is 0. The van der Waals surface area contributed by atoms with E-state index in [0.29, 0.717) is 29.7 Å². The molecule has 126 valence electrons. The Morgan fingerprint density at radius 2 is 1.92 bits per heavy atom. The second kappa shape index (κ2) is 8.24. The van der Waals surface area contributed by atoms with Crippen molar-refractivity contribution >= 4 is 17.5 Å². The molecule has 2 N–H and O–H groups in total. The first-order valence-corrected chi connectivity index (χ1v) is 8.28. The van der Waals surface area contributed by atoms with E-state index in [1.807, 2.05) is 0 Å². The van der Waals surface area contributed by atoms with Crippen molar-refractivity contribution in [3.63, 3.8) is 0 Å². The van der Waals surface area contributed by atoms with E-state index in [-0.39, 0.29) is 5.91 Å². The van der Waals surface area contributed by atoms with E-state index in [1.54, 1.807) is 30.7 Å². The van der Waals surface area contributed by atoms with Gasteiger partial charge in [0.1, 0.15) is 17.1 Å². The Morgan fingerprint density at radius 1 is 1.04 bits per heavy atom. The topological polar surface area (TPSA) is 89.0 Å². The largest absolute Gasteiger partial charge is 0.491 e. The summed E-state index contributed by atoms with van der Waals surface area (Å²) in [6.07, 6.45) is 10.3. The maximum Gasteiger partial charge on any atom is 0.274 e. The molecule has 1 aliphatic heterocycles. The molecule has 1 amide bonds. The predicted octanol–water partition coefficient (Wildman–Crippen LogP) is 2.88. The van der Waals surface area contributed by atoms with Crippen LogP contribution >= 0.6 is 0 Å². The maximum atomic E-state index is 12.4. The summed E-state index contributed by atoms with van der Waals surface area (Å²) in [5, 5.41) is 5.97. The number of hydrogen-bond donors (Lipinski definition) is 2. The third-order valence-electron chi connectivity index (χ3n) is 3.78. The number of ether oxygens (including phenoxy) is 1. The van der Waals surface area contributed by atoms with Crippen LogP contribution in [0.1, 0.15) is 42.6 Å². The van der Waals surface area contributed by atoms with E-state index in [9.17, 15) is 4.79 Å². The van der Waals surface area contributed by atoms with Gasteiger partial charge in [-0.2, -0.15) is 0 Å². The Kier molecular flexibility index (Phi) is 5.55. The molecule has 0 saturated carbocycles. The molecule has 0 saturated heterocycles. The fourth-order valence-electron chi connectivity index (χ4n) is 2.50. The van der Waals surface area contributed by atoms with Gasteiger partial charge in [0, 0.05) is 25.0 Å². The fraction of sp³-hybridized carbons (Fsp3) is 0.412. The lowest BCUT2D eigenvalue weighted by molar-refractivity contribution is 0.102. The molecule has 0 unspecified atom stereocenters. The molecule has 0 atom stereocenters. The number of anilines is 2. The average molecular weight is 327 g/mol. The van der Waals surface area contributed by atoms with Gasteiger partial charge in [-0.3, -0.25) is 9.78 Å². The SMILES string of the molecule is O=C1Nc2cnccc2OCCCCCCCNc2nccc1n2. The van der Waals surface area contributed by atoms with Gasteiger partial charge in [-0.05, 0) is 18.9 Å². The van der Waals surface area contributed by atoms with Crippen LogP contribution in [0.5, 0.6) is 5.75 Å². The first kappa shape index (κ1) is 16.2. The minimum atomic E-state index is -0.314. The number of hydrogen-bond acceptors (Lipinski definition) is 6. The number of aromatic nitrogens is 3. The minimum Gasteiger partial charge on any atom is -0.491 e. The third kappa shape index (κ3) is 4.41. The lowest BCUT2D eigenvalue weighted by atomic mass is 10.1. The number of pyridine rings is 1. The number of carbonyl (C=O) groups is 1. The van der Waals surface area contributed by atoms with E-state index in [4.69, 9.17) is 4.74 Å². The van der Waals surface area contributed by atoms with Gasteiger partial charge >= 0.3 is 0 Å². The number of nitrogens with zero attached hydrogens (tertiary/aromatic N) is 3. The van der Waals surface area contributed by atoms with E-state index >= 15 is 0 Å². The summed E-state index contributed by atoms with van der Waals surface area (Å²) in [6.45, 7) is 1.43. The first-order valence-electron chi connectivity index (χ1n) is 8.28. The number of carbonyl (C=O) groups excluding carboxylic acids is 1. The van der Waals surface area contributed by atoms with Crippen molar-refractivity contribution in [2.24, 2.45) is 0 Å². The summed E-state index contributed by atoms with van der Waals surface area (Å²) in [5.74, 6) is 0.778. The fourth-order valence-corrected chi connectivity index (χ4v) is 2.50. The summed E-state index contributed by atoms with van der Waals surface area (Å²) in [5.41, 5.74) is 0.845. The van der Waals surface area contributed by atoms with E-state index in [2.05, 4.69) is 25.6 Å². The van der Waals surface area contributed by atoms with Crippen LogP contribution in [-0.2, 0) is 0 Å². The number of rotatable bonds is 0. The summed E-state index contributed by atoms with van der Waals surface area (Å²) in [4.78, 5) is 24.9. The van der Waals surface area contributed by atoms with Crippen LogP contribution in [0.4, 0.5) is 11.6 Å². The lowest BCUT2D eigenvalue weighted by Gasteiger charge is -2.13. The van der Waals surface area contributed by atoms with Gasteiger partial charge in [0.25, 0.3) is 5.91 Å². The average Bonchev–Trinajstić information content (AvgIpc) is 2.61. The van der Waals surface area contributed by atoms with Crippen molar-refractivity contribution in [1.82, 2.24) is 15.0 Å². The highest BCUT2D eigenvalue weighted by molar-refractivity contribution is 6.03. The predicted molar refractivity (Wildman–Crippen MR) is 91.3 cm³/mol. The highest BCUT2D eigenvalue weighted by Crippen LogP contribution is 2.23. The van der Waals surface area contributed by atoms with Gasteiger partial charge in [0.15, 0.2) is 0 Å². The van der Waals surface area contributed by atoms with Gasteiger partial charge in [-0.25, -0.2) is 9.97 Å². The van der Waals surface area contributed by atoms with Crippen LogP contribution in [-0.4, -0.2) is 34.0 Å². The van der Waals surface area contributed by atoms with Crippen molar-refractivity contribution in [3.8, 4) is 5.75 Å². The van der Waals surface area contributed by atoms with Crippen LogP contribution in [0.15, 0.2) is 30.7 Å². The molecule has 7 nitrogen and oxygen atoms in total. The van der Waals surface area contributed by atoms with Crippen molar-refractivity contribution < 1.29 is 9.53 Å². The molecule has 1 aliphatic rings. The highest BCUT2D eigenvalue weighted by atomic mass is 16.5. The summed E-state index contributed by atoms with van der Waals surface area (Å²) < 4.78 is 5.79. The van der Waals surface area contributed by atoms with E-state index in [1.165, 1.54) is 6.42 Å². The zero-order valence-corrected chi connectivity index (χ0v) is 13.5. The zero-order chi connectivity index (χ0) is 16.6. The van der Waals surface area contributed by atoms with Crippen molar-refractivity contribution in [3.05, 3.63) is 36.4 Å². The van der Waals surface area contributed by atoms with Gasteiger partial charge < -0.3 is 15.4 Å². The number of nitrogens with one attached hydrogen (secondary N) is 2. The number of amides is 1. The van der Waals surface area contributed by atoms with Crippen LogP contribution < -0.4 is 15.4 Å². The smallest absolute Gasteiger partial charge is 0.274 e. The molecule has 0 aromatic carbocycles. The Bertz CT molecular complexity index is 692. The second-order valence-electron chi connectivity index (χ2n) is 5.63. The quantitative estimate of drug-likeness (QED) is 0.773. The molecule has 7 heteroatoms. The van der Waals surface area contributed by atoms with Crippen LogP contribution in [0.2, 0.25) is 0 Å². The van der Waals surface area contributed by atoms with Crippen molar-refractivity contribution in [1.29, 1.82) is 0 Å². The molecule has 2 aromatic heterocycles. The van der Waals surface area contributed by atoms with Crippen LogP contribution in [0, 0.1) is 0 Å². The molecule has 0 spiro atoms. The highest BCUT2D eigenvalue weighted by Gasteiger charge is 2.12. The van der Waals surface area contributed by atoms with Crippen molar-refractivity contribution in [2.45, 2.75) is 32.1 Å². The Labute approximate surface area is 140 Å². The van der Waals surface area contributed by atoms with Gasteiger partial charge in [-0.1, -0.05) is 19.3 Å². The van der Waals surface area contributed by atoms with Gasteiger partial charge in [-0.15, -0.1) is 0 Å². The lowest BCUT2D eigenvalue weighted by Crippen LogP contribution is -2.16. The van der Waals surface area contributed by atoms with E-state index < -0.39 is 0 Å². The van der Waals surface area contributed by atoms with Gasteiger partial charge in [0.05, 0.1) is 12.8 Å². The van der Waals surface area contributed by atoms with Crippen LogP contribution in [0.25, 0.3) is 0 Å². The molecule has 2 aromatic rings. The van der Waals surface area contributed by atoms with Crippen LogP contribution in [0.3, 0.4) is 0 Å². The molecule has 3 rings (SSSR count). The molecule has 3 heterocycles. The molecule has 0 fully saturated rings. The standard InChI is InChI=1S/C17H21N5O2/c23-16-13-6-10-20-17(22-13)19-8-4-2-1-3-5-11-24-15-7-9-18-12-14(15)21-16/h6-7,9-10,12H,1-5,8,11H2,(H,21,23)(H,19,20,22).